The number of aliphatic hydroxyl groups is 1. The minimum absolute atomic E-state index is 0.00868. The SMILES string of the molecule is CC(C)N(CC(=O)NCc1cccc(Cl)c1F)C(=O)CN(CCO)c1ccccc1. The second-order valence-electron chi connectivity index (χ2n) is 7.09. The predicted octanol–water partition coefficient (Wildman–Crippen LogP) is 2.83. The molecule has 2 aromatic rings. The summed E-state index contributed by atoms with van der Waals surface area (Å²) in [5.74, 6) is -1.21. The molecule has 0 saturated heterocycles. The monoisotopic (exact) mass is 435 g/mol. The molecular weight excluding hydrogens is 409 g/mol. The third-order valence-corrected chi connectivity index (χ3v) is 4.87. The van der Waals surface area contributed by atoms with E-state index in [1.165, 1.54) is 11.0 Å². The Morgan fingerprint density at radius 1 is 1.10 bits per heavy atom. The zero-order valence-electron chi connectivity index (χ0n) is 17.1. The third-order valence-electron chi connectivity index (χ3n) is 4.58. The first-order valence-corrected chi connectivity index (χ1v) is 10.1. The molecule has 0 atom stereocenters. The van der Waals surface area contributed by atoms with Crippen LogP contribution in [-0.2, 0) is 16.1 Å². The smallest absolute Gasteiger partial charge is 0.242 e. The summed E-state index contributed by atoms with van der Waals surface area (Å²) in [4.78, 5) is 28.5. The van der Waals surface area contributed by atoms with Gasteiger partial charge >= 0.3 is 0 Å². The number of anilines is 1. The molecule has 2 N–H and O–H groups in total. The molecule has 0 aliphatic heterocycles. The molecule has 2 aromatic carbocycles. The molecule has 0 fully saturated rings. The van der Waals surface area contributed by atoms with Gasteiger partial charge in [0, 0.05) is 30.4 Å². The van der Waals surface area contributed by atoms with Gasteiger partial charge in [-0.05, 0) is 32.0 Å². The average molecular weight is 436 g/mol. The van der Waals surface area contributed by atoms with Gasteiger partial charge in [0.2, 0.25) is 11.8 Å². The van der Waals surface area contributed by atoms with Crippen LogP contribution in [0, 0.1) is 5.82 Å². The Morgan fingerprint density at radius 3 is 2.43 bits per heavy atom. The van der Waals surface area contributed by atoms with Gasteiger partial charge in [-0.2, -0.15) is 0 Å². The Hall–Kier alpha value is -2.64. The molecule has 0 saturated carbocycles. The lowest BCUT2D eigenvalue weighted by atomic mass is 10.2. The molecule has 0 radical (unpaired) electrons. The molecule has 0 unspecified atom stereocenters. The molecule has 8 heteroatoms. The molecule has 0 aromatic heterocycles. The van der Waals surface area contributed by atoms with Crippen LogP contribution in [0.25, 0.3) is 0 Å². The van der Waals surface area contributed by atoms with Crippen molar-refractivity contribution in [2.24, 2.45) is 0 Å². The minimum atomic E-state index is -0.571. The number of carbonyl (C=O) groups is 2. The molecule has 0 heterocycles. The van der Waals surface area contributed by atoms with Gasteiger partial charge in [0.15, 0.2) is 0 Å². The van der Waals surface area contributed by atoms with Crippen molar-refractivity contribution in [3.05, 3.63) is 64.9 Å². The Balaban J connectivity index is 2.00. The van der Waals surface area contributed by atoms with Gasteiger partial charge in [0.05, 0.1) is 24.7 Å². The van der Waals surface area contributed by atoms with Crippen LogP contribution in [0.15, 0.2) is 48.5 Å². The van der Waals surface area contributed by atoms with E-state index in [0.29, 0.717) is 6.54 Å². The minimum Gasteiger partial charge on any atom is -0.395 e. The van der Waals surface area contributed by atoms with Crippen molar-refractivity contribution >= 4 is 29.1 Å². The Bertz CT molecular complexity index is 849. The summed E-state index contributed by atoms with van der Waals surface area (Å²) in [6.45, 7) is 3.68. The van der Waals surface area contributed by atoms with Gasteiger partial charge in [0.1, 0.15) is 5.82 Å². The lowest BCUT2D eigenvalue weighted by molar-refractivity contribution is -0.136. The molecule has 0 aliphatic carbocycles. The zero-order chi connectivity index (χ0) is 22.1. The highest BCUT2D eigenvalue weighted by atomic mass is 35.5. The Morgan fingerprint density at radius 2 is 1.80 bits per heavy atom. The summed E-state index contributed by atoms with van der Waals surface area (Å²) in [5, 5.41) is 12.0. The number of hydrogen-bond donors (Lipinski definition) is 2. The fourth-order valence-corrected chi connectivity index (χ4v) is 3.16. The van der Waals surface area contributed by atoms with E-state index in [-0.39, 0.29) is 48.8 Å². The van der Waals surface area contributed by atoms with Crippen LogP contribution in [0.5, 0.6) is 0 Å². The number of nitrogens with zero attached hydrogens (tertiary/aromatic N) is 2. The van der Waals surface area contributed by atoms with Crippen molar-refractivity contribution in [1.29, 1.82) is 0 Å². The van der Waals surface area contributed by atoms with Gasteiger partial charge in [-0.1, -0.05) is 41.9 Å². The van der Waals surface area contributed by atoms with E-state index in [4.69, 9.17) is 11.6 Å². The largest absolute Gasteiger partial charge is 0.395 e. The first-order chi connectivity index (χ1) is 14.3. The summed E-state index contributed by atoms with van der Waals surface area (Å²) in [6, 6.07) is 13.7. The van der Waals surface area contributed by atoms with E-state index in [2.05, 4.69) is 5.32 Å². The van der Waals surface area contributed by atoms with E-state index in [1.807, 2.05) is 44.2 Å². The maximum Gasteiger partial charge on any atom is 0.242 e. The van der Waals surface area contributed by atoms with E-state index in [9.17, 15) is 19.1 Å². The second kappa shape index (κ2) is 11.5. The number of amides is 2. The van der Waals surface area contributed by atoms with Crippen LogP contribution in [0.1, 0.15) is 19.4 Å². The van der Waals surface area contributed by atoms with E-state index in [0.717, 1.165) is 5.69 Å². The van der Waals surface area contributed by atoms with Gasteiger partial charge in [-0.3, -0.25) is 9.59 Å². The number of benzene rings is 2. The standard InChI is InChI=1S/C22H27ClFN3O3/c1-16(2)27(14-20(29)25-13-17-7-6-10-19(23)22(17)24)21(30)15-26(11-12-28)18-8-4-3-5-9-18/h3-10,16,28H,11-15H2,1-2H3,(H,25,29). The number of aliphatic hydroxyl groups excluding tert-OH is 1. The zero-order valence-corrected chi connectivity index (χ0v) is 17.9. The molecule has 2 rings (SSSR count). The highest BCUT2D eigenvalue weighted by molar-refractivity contribution is 6.30. The molecule has 30 heavy (non-hydrogen) atoms. The first kappa shape index (κ1) is 23.6. The van der Waals surface area contributed by atoms with Gasteiger partial charge in [0.25, 0.3) is 0 Å². The number of hydrogen-bond acceptors (Lipinski definition) is 4. The predicted molar refractivity (Wildman–Crippen MR) is 116 cm³/mol. The van der Waals surface area contributed by atoms with Crippen LogP contribution in [0.3, 0.4) is 0 Å². The highest BCUT2D eigenvalue weighted by Crippen LogP contribution is 2.17. The molecule has 0 spiro atoms. The Kier molecular flexibility index (Phi) is 9.08. The maximum absolute atomic E-state index is 14.0. The number of para-hydroxylation sites is 1. The summed E-state index contributed by atoms with van der Waals surface area (Å²) >= 11 is 5.76. The van der Waals surface area contributed by atoms with Gasteiger partial charge in [-0.15, -0.1) is 0 Å². The fourth-order valence-electron chi connectivity index (χ4n) is 2.96. The normalized spacial score (nSPS) is 10.7. The van der Waals surface area contributed by atoms with Crippen LogP contribution >= 0.6 is 11.6 Å². The number of carbonyl (C=O) groups excluding carboxylic acids is 2. The molecule has 0 bridgehead atoms. The van der Waals surface area contributed by atoms with E-state index >= 15 is 0 Å². The van der Waals surface area contributed by atoms with Crippen LogP contribution in [-0.4, -0.2) is 54.1 Å². The van der Waals surface area contributed by atoms with Crippen molar-refractivity contribution in [1.82, 2.24) is 10.2 Å². The second-order valence-corrected chi connectivity index (χ2v) is 7.49. The highest BCUT2D eigenvalue weighted by Gasteiger charge is 2.22. The lowest BCUT2D eigenvalue weighted by Gasteiger charge is -2.30. The first-order valence-electron chi connectivity index (χ1n) is 9.73. The van der Waals surface area contributed by atoms with Crippen molar-refractivity contribution in [2.75, 3.05) is 31.1 Å². The third kappa shape index (κ3) is 6.71. The quantitative estimate of drug-likeness (QED) is 0.602. The molecule has 162 valence electrons. The fraction of sp³-hybridized carbons (Fsp3) is 0.364. The van der Waals surface area contributed by atoms with Crippen molar-refractivity contribution in [2.45, 2.75) is 26.4 Å². The van der Waals surface area contributed by atoms with Crippen molar-refractivity contribution < 1.29 is 19.1 Å². The number of nitrogens with one attached hydrogen (secondary N) is 1. The van der Waals surface area contributed by atoms with Crippen molar-refractivity contribution in [3.8, 4) is 0 Å². The van der Waals surface area contributed by atoms with Crippen LogP contribution in [0.2, 0.25) is 5.02 Å². The number of rotatable bonds is 10. The summed E-state index contributed by atoms with van der Waals surface area (Å²) in [7, 11) is 0. The topological polar surface area (TPSA) is 72.9 Å². The Labute approximate surface area is 181 Å². The lowest BCUT2D eigenvalue weighted by Crippen LogP contribution is -2.48. The van der Waals surface area contributed by atoms with Gasteiger partial charge < -0.3 is 20.2 Å². The average Bonchev–Trinajstić information content (AvgIpc) is 2.73. The van der Waals surface area contributed by atoms with E-state index in [1.54, 1.807) is 17.0 Å². The summed E-state index contributed by atoms with van der Waals surface area (Å²) in [6.07, 6.45) is 0. The number of halogens is 2. The summed E-state index contributed by atoms with van der Waals surface area (Å²) in [5.41, 5.74) is 1.08. The van der Waals surface area contributed by atoms with Crippen LogP contribution < -0.4 is 10.2 Å². The summed E-state index contributed by atoms with van der Waals surface area (Å²) < 4.78 is 14.0. The maximum atomic E-state index is 14.0. The molecular formula is C22H27ClFN3O3. The van der Waals surface area contributed by atoms with Crippen molar-refractivity contribution in [3.63, 3.8) is 0 Å². The van der Waals surface area contributed by atoms with E-state index < -0.39 is 11.7 Å². The molecule has 0 aliphatic rings. The molecule has 2 amide bonds. The van der Waals surface area contributed by atoms with Crippen LogP contribution in [0.4, 0.5) is 10.1 Å². The van der Waals surface area contributed by atoms with Gasteiger partial charge in [-0.25, -0.2) is 4.39 Å². The molecule has 6 nitrogen and oxygen atoms in total.